The molecular weight excluding hydrogens is 174 g/mol. The van der Waals surface area contributed by atoms with E-state index >= 15 is 0 Å². The number of nitrogens with zero attached hydrogens (tertiary/aromatic N) is 2. The minimum atomic E-state index is 0.298. The highest BCUT2D eigenvalue weighted by Crippen LogP contribution is 2.38. The first kappa shape index (κ1) is 9.71. The van der Waals surface area contributed by atoms with Crippen LogP contribution >= 0.6 is 0 Å². The molecular formula is C11H19N3. The normalized spacial score (nSPS) is 20.8. The highest BCUT2D eigenvalue weighted by molar-refractivity contribution is 5.06. The van der Waals surface area contributed by atoms with Gasteiger partial charge < -0.3 is 5.73 Å². The standard InChI is InChI=1S/C11H19N3/c1-8(10-3-4-10)11(12)5-9-6-13-14(2)7-9/h6-8,10-11H,3-5,12H2,1-2H3. The Hall–Kier alpha value is -0.830. The van der Waals surface area contributed by atoms with E-state index in [4.69, 9.17) is 5.73 Å². The summed E-state index contributed by atoms with van der Waals surface area (Å²) in [5, 5.41) is 4.15. The van der Waals surface area contributed by atoms with Gasteiger partial charge in [-0.3, -0.25) is 4.68 Å². The zero-order valence-corrected chi connectivity index (χ0v) is 8.98. The summed E-state index contributed by atoms with van der Waals surface area (Å²) in [4.78, 5) is 0. The van der Waals surface area contributed by atoms with Crippen LogP contribution in [0.2, 0.25) is 0 Å². The maximum absolute atomic E-state index is 6.16. The molecule has 1 heterocycles. The van der Waals surface area contributed by atoms with Gasteiger partial charge in [0.2, 0.25) is 0 Å². The predicted molar refractivity (Wildman–Crippen MR) is 56.8 cm³/mol. The molecule has 2 N–H and O–H groups in total. The summed E-state index contributed by atoms with van der Waals surface area (Å²) in [6.45, 7) is 2.28. The Morgan fingerprint density at radius 3 is 2.86 bits per heavy atom. The van der Waals surface area contributed by atoms with Gasteiger partial charge in [-0.15, -0.1) is 0 Å². The molecule has 78 valence electrons. The van der Waals surface area contributed by atoms with Crippen molar-refractivity contribution in [2.24, 2.45) is 24.6 Å². The lowest BCUT2D eigenvalue weighted by molar-refractivity contribution is 0.404. The molecule has 1 fully saturated rings. The molecule has 3 heteroatoms. The van der Waals surface area contributed by atoms with Gasteiger partial charge >= 0.3 is 0 Å². The topological polar surface area (TPSA) is 43.8 Å². The second-order valence-corrected chi connectivity index (χ2v) is 4.59. The Balaban J connectivity index is 1.89. The fraction of sp³-hybridized carbons (Fsp3) is 0.727. The lowest BCUT2D eigenvalue weighted by Crippen LogP contribution is -2.31. The van der Waals surface area contributed by atoms with E-state index in [-0.39, 0.29) is 0 Å². The molecule has 3 nitrogen and oxygen atoms in total. The maximum atomic E-state index is 6.16. The van der Waals surface area contributed by atoms with Crippen molar-refractivity contribution >= 4 is 0 Å². The molecule has 1 aromatic heterocycles. The van der Waals surface area contributed by atoms with Crippen molar-refractivity contribution < 1.29 is 0 Å². The van der Waals surface area contributed by atoms with Crippen molar-refractivity contribution in [2.75, 3.05) is 0 Å². The highest BCUT2D eigenvalue weighted by atomic mass is 15.2. The number of hydrogen-bond acceptors (Lipinski definition) is 2. The average Bonchev–Trinajstić information content (AvgIpc) is 2.91. The van der Waals surface area contributed by atoms with Crippen LogP contribution in [-0.2, 0) is 13.5 Å². The third-order valence-corrected chi connectivity index (χ3v) is 3.27. The molecule has 0 bridgehead atoms. The summed E-state index contributed by atoms with van der Waals surface area (Å²) in [5.74, 6) is 1.55. The lowest BCUT2D eigenvalue weighted by atomic mass is 9.93. The largest absolute Gasteiger partial charge is 0.327 e. The number of aryl methyl sites for hydroxylation is 1. The van der Waals surface area contributed by atoms with Crippen LogP contribution in [0.25, 0.3) is 0 Å². The molecule has 0 radical (unpaired) electrons. The van der Waals surface area contributed by atoms with Gasteiger partial charge in [0.15, 0.2) is 0 Å². The van der Waals surface area contributed by atoms with Gasteiger partial charge in [0.25, 0.3) is 0 Å². The summed E-state index contributed by atoms with van der Waals surface area (Å²) in [5.41, 5.74) is 7.42. The van der Waals surface area contributed by atoms with Crippen molar-refractivity contribution in [1.29, 1.82) is 0 Å². The molecule has 0 amide bonds. The van der Waals surface area contributed by atoms with Crippen molar-refractivity contribution in [3.8, 4) is 0 Å². The van der Waals surface area contributed by atoms with Crippen LogP contribution in [-0.4, -0.2) is 15.8 Å². The smallest absolute Gasteiger partial charge is 0.0522 e. The Kier molecular flexibility index (Phi) is 2.59. The minimum Gasteiger partial charge on any atom is -0.327 e. The Morgan fingerprint density at radius 2 is 2.36 bits per heavy atom. The molecule has 1 aliphatic carbocycles. The van der Waals surface area contributed by atoms with E-state index in [1.54, 1.807) is 0 Å². The van der Waals surface area contributed by atoms with Gasteiger partial charge in [0, 0.05) is 19.3 Å². The van der Waals surface area contributed by atoms with E-state index in [0.29, 0.717) is 12.0 Å². The van der Waals surface area contributed by atoms with Crippen LogP contribution in [0.3, 0.4) is 0 Å². The van der Waals surface area contributed by atoms with Crippen LogP contribution in [0.1, 0.15) is 25.3 Å². The number of hydrogen-bond donors (Lipinski definition) is 1. The summed E-state index contributed by atoms with van der Waals surface area (Å²) in [6.07, 6.45) is 7.69. The Bertz CT molecular complexity index is 301. The van der Waals surface area contributed by atoms with Crippen molar-refractivity contribution in [3.05, 3.63) is 18.0 Å². The third kappa shape index (κ3) is 2.15. The Labute approximate surface area is 85.3 Å². The van der Waals surface area contributed by atoms with E-state index < -0.39 is 0 Å². The van der Waals surface area contributed by atoms with Gasteiger partial charge in [-0.1, -0.05) is 6.92 Å². The van der Waals surface area contributed by atoms with Gasteiger partial charge in [0.05, 0.1) is 6.20 Å². The Morgan fingerprint density at radius 1 is 1.64 bits per heavy atom. The van der Waals surface area contributed by atoms with Gasteiger partial charge in [0.1, 0.15) is 0 Å². The number of nitrogens with two attached hydrogens (primary N) is 1. The molecule has 1 aliphatic rings. The molecule has 1 saturated carbocycles. The monoisotopic (exact) mass is 193 g/mol. The van der Waals surface area contributed by atoms with Gasteiger partial charge in [-0.2, -0.15) is 5.10 Å². The maximum Gasteiger partial charge on any atom is 0.0522 e. The molecule has 0 spiro atoms. The number of rotatable bonds is 4. The van der Waals surface area contributed by atoms with Crippen molar-refractivity contribution in [2.45, 2.75) is 32.2 Å². The zero-order chi connectivity index (χ0) is 10.1. The molecule has 14 heavy (non-hydrogen) atoms. The summed E-state index contributed by atoms with van der Waals surface area (Å²) in [7, 11) is 1.94. The number of aromatic nitrogens is 2. The molecule has 2 atom stereocenters. The van der Waals surface area contributed by atoms with Crippen LogP contribution < -0.4 is 5.73 Å². The molecule has 1 aromatic rings. The molecule has 0 saturated heterocycles. The molecule has 2 rings (SSSR count). The fourth-order valence-electron chi connectivity index (χ4n) is 2.01. The summed E-state index contributed by atoms with van der Waals surface area (Å²) < 4.78 is 1.84. The van der Waals surface area contributed by atoms with E-state index in [0.717, 1.165) is 12.3 Å². The van der Waals surface area contributed by atoms with Crippen molar-refractivity contribution in [1.82, 2.24) is 9.78 Å². The summed E-state index contributed by atoms with van der Waals surface area (Å²) in [6, 6.07) is 0.298. The zero-order valence-electron chi connectivity index (χ0n) is 8.98. The quantitative estimate of drug-likeness (QED) is 0.784. The SMILES string of the molecule is CC(C(N)Cc1cnn(C)c1)C1CC1. The van der Waals surface area contributed by atoms with Crippen LogP contribution in [0.4, 0.5) is 0 Å². The first-order valence-electron chi connectivity index (χ1n) is 5.40. The third-order valence-electron chi connectivity index (χ3n) is 3.27. The second kappa shape index (κ2) is 3.73. The van der Waals surface area contributed by atoms with Crippen LogP contribution in [0.5, 0.6) is 0 Å². The fourth-order valence-corrected chi connectivity index (χ4v) is 2.01. The summed E-state index contributed by atoms with van der Waals surface area (Å²) >= 11 is 0. The van der Waals surface area contributed by atoms with Gasteiger partial charge in [-0.05, 0) is 36.7 Å². The van der Waals surface area contributed by atoms with Gasteiger partial charge in [-0.25, -0.2) is 0 Å². The lowest BCUT2D eigenvalue weighted by Gasteiger charge is -2.18. The highest BCUT2D eigenvalue weighted by Gasteiger charge is 2.31. The van der Waals surface area contributed by atoms with Crippen molar-refractivity contribution in [3.63, 3.8) is 0 Å². The van der Waals surface area contributed by atoms with E-state index in [2.05, 4.69) is 18.2 Å². The first-order valence-corrected chi connectivity index (χ1v) is 5.40. The minimum absolute atomic E-state index is 0.298. The molecule has 0 aliphatic heterocycles. The van der Waals surface area contributed by atoms with Crippen LogP contribution in [0.15, 0.2) is 12.4 Å². The van der Waals surface area contributed by atoms with E-state index in [1.807, 2.05) is 17.9 Å². The van der Waals surface area contributed by atoms with E-state index in [1.165, 1.54) is 18.4 Å². The first-order chi connectivity index (χ1) is 6.66. The molecule has 0 aromatic carbocycles. The molecule has 2 unspecified atom stereocenters. The average molecular weight is 193 g/mol. The second-order valence-electron chi connectivity index (χ2n) is 4.59. The van der Waals surface area contributed by atoms with E-state index in [9.17, 15) is 0 Å². The van der Waals surface area contributed by atoms with Crippen LogP contribution in [0, 0.1) is 11.8 Å². The predicted octanol–water partition coefficient (Wildman–Crippen LogP) is 1.34.